The van der Waals surface area contributed by atoms with E-state index < -0.39 is 7.14 Å². The molecule has 39 heavy (non-hydrogen) atoms. The third-order valence-electron chi connectivity index (χ3n) is 8.34. The topological polar surface area (TPSA) is 83.0 Å². The lowest BCUT2D eigenvalue weighted by molar-refractivity contribution is 0.326. The number of aromatic nitrogens is 3. The first-order valence-corrected chi connectivity index (χ1v) is 16.0. The van der Waals surface area contributed by atoms with Crippen LogP contribution in [0.2, 0.25) is 0 Å². The molecule has 0 bridgehead atoms. The van der Waals surface area contributed by atoms with Gasteiger partial charge in [0.1, 0.15) is 5.82 Å². The Kier molecular flexibility index (Phi) is 6.72. The Bertz CT molecular complexity index is 1710. The molecule has 2 N–H and O–H groups in total. The van der Waals surface area contributed by atoms with Crippen molar-refractivity contribution in [3.8, 4) is 0 Å². The van der Waals surface area contributed by atoms with E-state index >= 15 is 0 Å². The third-order valence-corrected chi connectivity index (χ3v) is 11.5. The molecule has 0 spiro atoms. The molecule has 0 radical (unpaired) electrons. The van der Waals surface area contributed by atoms with Crippen LogP contribution >= 0.6 is 7.14 Å². The number of rotatable bonds is 7. The molecule has 0 amide bonds. The number of hydrogen-bond donors (Lipinski definition) is 2. The van der Waals surface area contributed by atoms with E-state index in [0.29, 0.717) is 16.9 Å². The molecule has 1 aliphatic heterocycles. The smallest absolute Gasteiger partial charge is 0.258 e. The van der Waals surface area contributed by atoms with Gasteiger partial charge in [-0.2, -0.15) is 0 Å². The molecule has 1 saturated carbocycles. The highest BCUT2D eigenvalue weighted by Gasteiger charge is 2.34. The van der Waals surface area contributed by atoms with Crippen LogP contribution in [0, 0.1) is 25.6 Å². The van der Waals surface area contributed by atoms with E-state index in [-0.39, 0.29) is 11.4 Å². The first kappa shape index (κ1) is 26.0. The Balaban J connectivity index is 1.24. The molecule has 6 rings (SSSR count). The molecule has 2 aromatic carbocycles. The minimum atomic E-state index is -1.96. The predicted molar refractivity (Wildman–Crippen MR) is 158 cm³/mol. The summed E-state index contributed by atoms with van der Waals surface area (Å²) in [6.45, 7) is 6.41. The maximum Gasteiger partial charge on any atom is 0.258 e. The number of hydrogen-bond acceptors (Lipinski definition) is 5. The van der Waals surface area contributed by atoms with Gasteiger partial charge in [-0.15, -0.1) is 0 Å². The van der Waals surface area contributed by atoms with Crippen molar-refractivity contribution in [3.63, 3.8) is 0 Å². The average molecular weight is 548 g/mol. The van der Waals surface area contributed by atoms with E-state index in [2.05, 4.69) is 21.3 Å². The van der Waals surface area contributed by atoms with E-state index in [4.69, 9.17) is 4.98 Å². The van der Waals surface area contributed by atoms with E-state index in [1.807, 2.05) is 43.7 Å². The van der Waals surface area contributed by atoms with Crippen molar-refractivity contribution in [1.29, 1.82) is 0 Å². The predicted octanol–water partition coefficient (Wildman–Crippen LogP) is 6.02. The van der Waals surface area contributed by atoms with Crippen molar-refractivity contribution in [2.75, 3.05) is 43.4 Å². The largest absolute Gasteiger partial charge is 0.325 e. The number of aromatic amines is 1. The zero-order valence-corrected chi connectivity index (χ0v) is 23.7. The summed E-state index contributed by atoms with van der Waals surface area (Å²) in [5.74, 6) is 1.02. The SMILES string of the molecule is Cc1cc(F)ccc1Nc1nc2ccc3c(C)c(/C=C/CN4CCP(=O)(CC5CC5)CC4)[nH]c(=O)c3c2n1C. The number of pyridine rings is 1. The molecule has 0 unspecified atom stereocenters. The van der Waals surface area contributed by atoms with Crippen molar-refractivity contribution in [2.45, 2.75) is 26.7 Å². The van der Waals surface area contributed by atoms with Crippen LogP contribution in [0.15, 0.2) is 41.2 Å². The fourth-order valence-corrected chi connectivity index (χ4v) is 8.95. The number of anilines is 2. The molecule has 2 aromatic heterocycles. The number of nitrogens with one attached hydrogen (secondary N) is 2. The van der Waals surface area contributed by atoms with E-state index in [9.17, 15) is 13.8 Å². The van der Waals surface area contributed by atoms with Gasteiger partial charge in [0.05, 0.1) is 23.6 Å². The maximum absolute atomic E-state index is 13.6. The lowest BCUT2D eigenvalue weighted by Crippen LogP contribution is -2.35. The number of fused-ring (bicyclic) bond motifs is 3. The zero-order valence-electron chi connectivity index (χ0n) is 22.8. The van der Waals surface area contributed by atoms with Crippen LogP contribution in [0.25, 0.3) is 27.9 Å². The Morgan fingerprint density at radius 2 is 1.95 bits per heavy atom. The zero-order chi connectivity index (χ0) is 27.3. The van der Waals surface area contributed by atoms with Gasteiger partial charge in [-0.1, -0.05) is 12.1 Å². The Morgan fingerprint density at radius 3 is 2.67 bits per heavy atom. The molecule has 2 aliphatic rings. The quantitative estimate of drug-likeness (QED) is 0.277. The lowest BCUT2D eigenvalue weighted by Gasteiger charge is -2.31. The number of nitrogens with zero attached hydrogens (tertiary/aromatic N) is 3. The second-order valence-corrected chi connectivity index (χ2v) is 14.6. The number of H-pyrrole nitrogens is 1. The summed E-state index contributed by atoms with van der Waals surface area (Å²) < 4.78 is 28.5. The van der Waals surface area contributed by atoms with Crippen molar-refractivity contribution in [1.82, 2.24) is 19.4 Å². The lowest BCUT2D eigenvalue weighted by atomic mass is 10.0. The molecule has 2 fully saturated rings. The molecule has 1 aliphatic carbocycles. The van der Waals surface area contributed by atoms with Crippen molar-refractivity contribution in [2.24, 2.45) is 13.0 Å². The molecule has 3 heterocycles. The van der Waals surface area contributed by atoms with Crippen LogP contribution in [0.1, 0.15) is 29.7 Å². The third kappa shape index (κ3) is 5.20. The van der Waals surface area contributed by atoms with Gasteiger partial charge in [-0.25, -0.2) is 9.37 Å². The fourth-order valence-electron chi connectivity index (χ4n) is 5.76. The first-order valence-electron chi connectivity index (χ1n) is 13.7. The highest BCUT2D eigenvalue weighted by molar-refractivity contribution is 7.64. The summed E-state index contributed by atoms with van der Waals surface area (Å²) in [5, 5.41) is 4.77. The van der Waals surface area contributed by atoms with Crippen LogP contribution in [-0.2, 0) is 11.6 Å². The van der Waals surface area contributed by atoms with Gasteiger partial charge in [-0.05, 0) is 79.5 Å². The van der Waals surface area contributed by atoms with Crippen LogP contribution in [0.4, 0.5) is 16.0 Å². The Hall–Kier alpha value is -3.22. The summed E-state index contributed by atoms with van der Waals surface area (Å²) in [6.07, 6.45) is 9.24. The summed E-state index contributed by atoms with van der Waals surface area (Å²) >= 11 is 0. The normalized spacial score (nSPS) is 17.9. The maximum atomic E-state index is 13.6. The standard InChI is InChI=1S/C30H35FN5O2P/c1-19-17-22(31)8-10-24(19)33-30-34-26-11-9-23-20(2)25(32-29(37)27(23)28(26)35(30)3)5-4-12-36-13-15-39(38,16-14-36)18-21-6-7-21/h4-5,8-11,17,21H,6-7,12-16,18H2,1-3H3,(H,32,37)(H,33,34)/b5-4+. The van der Waals surface area contributed by atoms with Gasteiger partial charge >= 0.3 is 0 Å². The van der Waals surface area contributed by atoms with Crippen molar-refractivity contribution in [3.05, 3.63) is 69.4 Å². The fraction of sp³-hybridized carbons (Fsp3) is 0.400. The highest BCUT2D eigenvalue weighted by atomic mass is 31.2. The summed E-state index contributed by atoms with van der Waals surface area (Å²) in [6, 6.07) is 8.47. The van der Waals surface area contributed by atoms with Gasteiger partial charge in [0, 0.05) is 56.5 Å². The number of aryl methyl sites for hydroxylation is 3. The molecular weight excluding hydrogens is 512 g/mol. The molecule has 1 saturated heterocycles. The Labute approximate surface area is 227 Å². The van der Waals surface area contributed by atoms with E-state index in [1.54, 1.807) is 6.07 Å². The van der Waals surface area contributed by atoms with Gasteiger partial charge in [0.25, 0.3) is 5.56 Å². The van der Waals surface area contributed by atoms with Crippen LogP contribution < -0.4 is 10.9 Å². The molecular formula is C30H35FN5O2P. The van der Waals surface area contributed by atoms with Crippen LogP contribution in [0.5, 0.6) is 0 Å². The molecule has 0 atom stereocenters. The Morgan fingerprint density at radius 1 is 1.18 bits per heavy atom. The molecule has 9 heteroatoms. The van der Waals surface area contributed by atoms with E-state index in [1.165, 1.54) is 25.0 Å². The van der Waals surface area contributed by atoms with Crippen LogP contribution in [0.3, 0.4) is 0 Å². The van der Waals surface area contributed by atoms with Crippen molar-refractivity contribution >= 4 is 46.7 Å². The summed E-state index contributed by atoms with van der Waals surface area (Å²) in [4.78, 5) is 23.5. The summed E-state index contributed by atoms with van der Waals surface area (Å²) in [5.41, 5.74) is 4.63. The average Bonchev–Trinajstić information content (AvgIpc) is 3.65. The monoisotopic (exact) mass is 547 g/mol. The van der Waals surface area contributed by atoms with Gasteiger partial charge in [0.2, 0.25) is 5.95 Å². The molecule has 4 aromatic rings. The molecule has 204 valence electrons. The molecule has 7 nitrogen and oxygen atoms in total. The van der Waals surface area contributed by atoms with Gasteiger partial charge in [-0.3, -0.25) is 9.69 Å². The van der Waals surface area contributed by atoms with Gasteiger partial charge in [0.15, 0.2) is 0 Å². The second kappa shape index (κ2) is 10.1. The van der Waals surface area contributed by atoms with Gasteiger partial charge < -0.3 is 19.4 Å². The number of halogens is 1. The van der Waals surface area contributed by atoms with E-state index in [0.717, 1.165) is 77.4 Å². The number of imidazole rings is 1. The number of benzene rings is 2. The first-order chi connectivity index (χ1) is 18.7. The van der Waals surface area contributed by atoms with Crippen molar-refractivity contribution < 1.29 is 8.96 Å². The minimum Gasteiger partial charge on any atom is -0.325 e. The minimum absolute atomic E-state index is 0.160. The second-order valence-electron chi connectivity index (χ2n) is 11.3. The highest BCUT2D eigenvalue weighted by Crippen LogP contribution is 2.53. The summed E-state index contributed by atoms with van der Waals surface area (Å²) in [7, 11) is -0.0879. The van der Waals surface area contributed by atoms with Crippen LogP contribution in [-0.4, -0.2) is 57.6 Å².